The molecule has 39 heavy (non-hydrogen) atoms. The maximum atomic E-state index is 12.6. The van der Waals surface area contributed by atoms with Crippen LogP contribution in [0.1, 0.15) is 31.2 Å². The van der Waals surface area contributed by atoms with Gasteiger partial charge in [-0.1, -0.05) is 65.7 Å². The summed E-state index contributed by atoms with van der Waals surface area (Å²) in [7, 11) is -1.61. The summed E-state index contributed by atoms with van der Waals surface area (Å²) in [5.74, 6) is 2.29. The number of anilines is 2. The van der Waals surface area contributed by atoms with Gasteiger partial charge < -0.3 is 10.2 Å². The molecule has 0 saturated heterocycles. The maximum Gasteiger partial charge on any atom is 0.242 e. The molecule has 0 amide bonds. The first kappa shape index (κ1) is 28.1. The summed E-state index contributed by atoms with van der Waals surface area (Å²) in [6.45, 7) is 1.93. The Kier molecular flexibility index (Phi) is 8.93. The number of hydrogen-bond acceptors (Lipinski definition) is 7. The van der Waals surface area contributed by atoms with Gasteiger partial charge in [-0.2, -0.15) is 4.98 Å². The summed E-state index contributed by atoms with van der Waals surface area (Å²) in [6, 6.07) is 19.9. The molecule has 5 rings (SSSR count). The standard InChI is InChI=1S/C28H31Cl2N5O2S2/c1-35(18-21-7-3-2-4-8-21)27-22-9-5-6-10-23(22)33-28(34-27)31-16-19-11-13-20(14-12-19)17-32-39(36,37)24-15-25(29)38-26(24)30/h2-10,15,19-20,32H,11-14,16-18H2,1H3,(H,31,33,34)/t19-,20-. The van der Waals surface area contributed by atoms with E-state index >= 15 is 0 Å². The third-order valence-electron chi connectivity index (χ3n) is 7.20. The smallest absolute Gasteiger partial charge is 0.242 e. The Hall–Kier alpha value is -2.43. The Morgan fingerprint density at radius 1 is 0.949 bits per heavy atom. The highest BCUT2D eigenvalue weighted by Gasteiger charge is 2.25. The van der Waals surface area contributed by atoms with Gasteiger partial charge in [-0.15, -0.1) is 11.3 Å². The number of aromatic nitrogens is 2. The molecule has 0 unspecified atom stereocenters. The van der Waals surface area contributed by atoms with E-state index in [9.17, 15) is 8.42 Å². The number of rotatable bonds is 10. The minimum absolute atomic E-state index is 0.0567. The minimum atomic E-state index is -3.67. The lowest BCUT2D eigenvalue weighted by Crippen LogP contribution is -2.32. The molecule has 4 aromatic rings. The van der Waals surface area contributed by atoms with E-state index in [1.807, 2.05) is 36.4 Å². The zero-order valence-corrected chi connectivity index (χ0v) is 24.8. The molecule has 0 bridgehead atoms. The molecule has 0 radical (unpaired) electrons. The van der Waals surface area contributed by atoms with Crippen molar-refractivity contribution in [2.75, 3.05) is 30.4 Å². The number of para-hydroxylation sites is 1. The van der Waals surface area contributed by atoms with Crippen molar-refractivity contribution in [3.8, 4) is 0 Å². The summed E-state index contributed by atoms with van der Waals surface area (Å²) < 4.78 is 28.5. The molecule has 0 spiro atoms. The van der Waals surface area contributed by atoms with Gasteiger partial charge in [0.15, 0.2) is 0 Å². The second kappa shape index (κ2) is 12.4. The second-order valence-corrected chi connectivity index (χ2v) is 14.1. The molecule has 2 heterocycles. The Morgan fingerprint density at radius 3 is 2.31 bits per heavy atom. The van der Waals surface area contributed by atoms with Crippen molar-refractivity contribution in [1.82, 2.24) is 14.7 Å². The predicted octanol–water partition coefficient (Wildman–Crippen LogP) is 6.83. The lowest BCUT2D eigenvalue weighted by molar-refractivity contribution is 0.284. The van der Waals surface area contributed by atoms with Gasteiger partial charge >= 0.3 is 0 Å². The number of thiophene rings is 1. The van der Waals surface area contributed by atoms with Crippen LogP contribution in [-0.2, 0) is 16.6 Å². The Balaban J connectivity index is 1.17. The van der Waals surface area contributed by atoms with Crippen molar-refractivity contribution in [2.24, 2.45) is 11.8 Å². The van der Waals surface area contributed by atoms with E-state index in [1.165, 1.54) is 11.6 Å². The van der Waals surface area contributed by atoms with Crippen molar-refractivity contribution in [1.29, 1.82) is 0 Å². The second-order valence-electron chi connectivity index (χ2n) is 10.0. The molecule has 0 aliphatic heterocycles. The van der Waals surface area contributed by atoms with Crippen molar-refractivity contribution in [2.45, 2.75) is 37.1 Å². The quantitative estimate of drug-likeness (QED) is 0.206. The SMILES string of the molecule is CN(Cc1ccccc1)c1nc(NC[C@H]2CC[C@H](CNS(=O)(=O)c3cc(Cl)sc3Cl)CC2)nc2ccccc12. The van der Waals surface area contributed by atoms with Crippen LogP contribution >= 0.6 is 34.5 Å². The van der Waals surface area contributed by atoms with Crippen molar-refractivity contribution in [3.63, 3.8) is 0 Å². The van der Waals surface area contributed by atoms with Crippen molar-refractivity contribution < 1.29 is 8.42 Å². The highest BCUT2D eigenvalue weighted by Crippen LogP contribution is 2.35. The van der Waals surface area contributed by atoms with E-state index in [-0.39, 0.29) is 9.23 Å². The molecule has 0 atom stereocenters. The number of nitrogens with zero attached hydrogens (tertiary/aromatic N) is 3. The van der Waals surface area contributed by atoms with Crippen LogP contribution in [0.3, 0.4) is 0 Å². The Bertz CT molecular complexity index is 1520. The van der Waals surface area contributed by atoms with Crippen LogP contribution < -0.4 is 14.9 Å². The van der Waals surface area contributed by atoms with Gasteiger partial charge in [-0.25, -0.2) is 18.1 Å². The average molecular weight is 605 g/mol. The van der Waals surface area contributed by atoms with Gasteiger partial charge in [0, 0.05) is 32.1 Å². The molecule has 2 N–H and O–H groups in total. The lowest BCUT2D eigenvalue weighted by atomic mass is 9.82. The fraction of sp³-hybridized carbons (Fsp3) is 0.357. The topological polar surface area (TPSA) is 87.2 Å². The number of benzene rings is 2. The summed E-state index contributed by atoms with van der Waals surface area (Å²) >= 11 is 13.0. The zero-order valence-electron chi connectivity index (χ0n) is 21.6. The summed E-state index contributed by atoms with van der Waals surface area (Å²) in [4.78, 5) is 11.9. The van der Waals surface area contributed by atoms with E-state index in [0.29, 0.717) is 28.7 Å². The maximum absolute atomic E-state index is 12.6. The fourth-order valence-corrected chi connectivity index (χ4v) is 8.31. The molecule has 11 heteroatoms. The molecule has 1 aliphatic carbocycles. The molecular weight excluding hydrogens is 573 g/mol. The molecular formula is C28H31Cl2N5O2S2. The zero-order chi connectivity index (χ0) is 27.4. The highest BCUT2D eigenvalue weighted by atomic mass is 35.5. The number of nitrogens with one attached hydrogen (secondary N) is 2. The number of sulfonamides is 1. The van der Waals surface area contributed by atoms with Gasteiger partial charge in [0.2, 0.25) is 16.0 Å². The first-order chi connectivity index (χ1) is 18.8. The van der Waals surface area contributed by atoms with Crippen LogP contribution in [0.4, 0.5) is 11.8 Å². The molecule has 2 aromatic heterocycles. The molecule has 1 aliphatic rings. The van der Waals surface area contributed by atoms with Crippen LogP contribution in [0, 0.1) is 11.8 Å². The normalized spacial score (nSPS) is 17.8. The molecule has 1 saturated carbocycles. The van der Waals surface area contributed by atoms with E-state index in [2.05, 4.69) is 40.2 Å². The predicted molar refractivity (Wildman–Crippen MR) is 162 cm³/mol. The van der Waals surface area contributed by atoms with Crippen LogP contribution in [0.5, 0.6) is 0 Å². The molecule has 1 fully saturated rings. The average Bonchev–Trinajstić information content (AvgIpc) is 3.30. The van der Waals surface area contributed by atoms with Crippen LogP contribution in [0.2, 0.25) is 8.67 Å². The summed E-state index contributed by atoms with van der Waals surface area (Å²) in [5, 5.41) is 4.50. The van der Waals surface area contributed by atoms with E-state index in [0.717, 1.165) is 66.8 Å². The van der Waals surface area contributed by atoms with Gasteiger partial charge in [0.1, 0.15) is 15.0 Å². The van der Waals surface area contributed by atoms with Crippen LogP contribution in [0.15, 0.2) is 65.6 Å². The largest absolute Gasteiger partial charge is 0.355 e. The Morgan fingerprint density at radius 2 is 1.62 bits per heavy atom. The van der Waals surface area contributed by atoms with Gasteiger partial charge in [-0.05, 0) is 61.3 Å². The monoisotopic (exact) mass is 603 g/mol. The van der Waals surface area contributed by atoms with Gasteiger partial charge in [0.05, 0.1) is 9.85 Å². The van der Waals surface area contributed by atoms with E-state index in [1.54, 1.807) is 0 Å². The number of hydrogen-bond donors (Lipinski definition) is 2. The third-order valence-corrected chi connectivity index (χ3v) is 10.4. The summed E-state index contributed by atoms with van der Waals surface area (Å²) in [6.07, 6.45) is 3.94. The summed E-state index contributed by atoms with van der Waals surface area (Å²) in [5.41, 5.74) is 2.13. The van der Waals surface area contributed by atoms with Crippen LogP contribution in [-0.4, -0.2) is 38.5 Å². The Labute approximate surface area is 243 Å². The van der Waals surface area contributed by atoms with E-state index in [4.69, 9.17) is 33.2 Å². The third kappa shape index (κ3) is 7.02. The minimum Gasteiger partial charge on any atom is -0.355 e. The molecule has 206 valence electrons. The highest BCUT2D eigenvalue weighted by molar-refractivity contribution is 7.89. The lowest BCUT2D eigenvalue weighted by Gasteiger charge is -2.29. The molecule has 2 aromatic carbocycles. The van der Waals surface area contributed by atoms with E-state index < -0.39 is 10.0 Å². The van der Waals surface area contributed by atoms with Crippen molar-refractivity contribution in [3.05, 3.63) is 74.9 Å². The number of halogens is 2. The van der Waals surface area contributed by atoms with Gasteiger partial charge in [-0.3, -0.25) is 0 Å². The fourth-order valence-electron chi connectivity index (χ4n) is 5.05. The van der Waals surface area contributed by atoms with Crippen molar-refractivity contribution >= 4 is 67.2 Å². The first-order valence-electron chi connectivity index (χ1n) is 13.0. The number of fused-ring (bicyclic) bond motifs is 1. The molecule has 7 nitrogen and oxygen atoms in total. The van der Waals surface area contributed by atoms with Crippen LogP contribution in [0.25, 0.3) is 10.9 Å². The van der Waals surface area contributed by atoms with Gasteiger partial charge in [0.25, 0.3) is 0 Å². The first-order valence-corrected chi connectivity index (χ1v) is 16.0.